The van der Waals surface area contributed by atoms with E-state index in [1.165, 1.54) is 0 Å². The maximum Gasteiger partial charge on any atom is 0.135 e. The van der Waals surface area contributed by atoms with Crippen molar-refractivity contribution in [2.45, 2.75) is 6.42 Å². The maximum atomic E-state index is 10.2. The van der Waals surface area contributed by atoms with Crippen LogP contribution >= 0.6 is 0 Å². The van der Waals surface area contributed by atoms with Crippen LogP contribution in [0.25, 0.3) is 55.7 Å². The third-order valence-electron chi connectivity index (χ3n) is 7.61. The monoisotopic (exact) mass is 511 g/mol. The van der Waals surface area contributed by atoms with Gasteiger partial charge in [0.15, 0.2) is 0 Å². The molecule has 1 unspecified atom stereocenters. The van der Waals surface area contributed by atoms with Gasteiger partial charge < -0.3 is 8.98 Å². The summed E-state index contributed by atoms with van der Waals surface area (Å²) in [6.45, 7) is 0. The van der Waals surface area contributed by atoms with Crippen LogP contribution in [0.1, 0.15) is 28.0 Å². The Morgan fingerprint density at radius 1 is 0.750 bits per heavy atom. The van der Waals surface area contributed by atoms with Gasteiger partial charge in [-0.3, -0.25) is 0 Å². The molecule has 2 aromatic heterocycles. The Kier molecular flexibility index (Phi) is 5.04. The van der Waals surface area contributed by atoms with Gasteiger partial charge in [-0.1, -0.05) is 24.3 Å². The zero-order valence-electron chi connectivity index (χ0n) is 21.0. The van der Waals surface area contributed by atoms with Crippen molar-refractivity contribution in [1.82, 2.24) is 4.57 Å². The van der Waals surface area contributed by atoms with E-state index in [-0.39, 0.29) is 5.92 Å². The molecule has 0 bridgehead atoms. The molecule has 1 aliphatic carbocycles. The molecule has 0 amide bonds. The number of benzene rings is 4. The fraction of sp³-hybridized carbons (Fsp3) is 0.0588. The van der Waals surface area contributed by atoms with E-state index in [2.05, 4.69) is 30.3 Å². The van der Waals surface area contributed by atoms with E-state index < -0.39 is 0 Å². The molecule has 0 N–H and O–H groups in total. The summed E-state index contributed by atoms with van der Waals surface area (Å²) < 4.78 is 8.12. The first kappa shape index (κ1) is 23.1. The fourth-order valence-electron chi connectivity index (χ4n) is 5.77. The summed E-state index contributed by atoms with van der Waals surface area (Å²) in [5.41, 5.74) is 7.42. The highest BCUT2D eigenvalue weighted by Gasteiger charge is 2.23. The van der Waals surface area contributed by atoms with Crippen molar-refractivity contribution in [1.29, 1.82) is 21.0 Å². The molecule has 0 aliphatic heterocycles. The largest absolute Gasteiger partial charge is 0.456 e. The van der Waals surface area contributed by atoms with Crippen LogP contribution in [-0.2, 0) is 6.42 Å². The van der Waals surface area contributed by atoms with Gasteiger partial charge >= 0.3 is 0 Å². The fourth-order valence-corrected chi connectivity index (χ4v) is 5.77. The summed E-state index contributed by atoms with van der Waals surface area (Å²) in [6.07, 6.45) is 4.33. The van der Waals surface area contributed by atoms with Crippen LogP contribution in [0.3, 0.4) is 0 Å². The van der Waals surface area contributed by atoms with Gasteiger partial charge in [-0.2, -0.15) is 21.0 Å². The van der Waals surface area contributed by atoms with Gasteiger partial charge in [0.2, 0.25) is 0 Å². The van der Waals surface area contributed by atoms with Crippen molar-refractivity contribution >= 4 is 38.9 Å². The number of fused-ring (bicyclic) bond motifs is 6. The van der Waals surface area contributed by atoms with E-state index in [1.807, 2.05) is 65.3 Å². The van der Waals surface area contributed by atoms with Crippen molar-refractivity contribution in [3.63, 3.8) is 0 Å². The minimum atomic E-state index is -0.205. The summed E-state index contributed by atoms with van der Waals surface area (Å²) in [7, 11) is 0. The van der Waals surface area contributed by atoms with Crippen molar-refractivity contribution in [2.75, 3.05) is 0 Å². The van der Waals surface area contributed by atoms with Gasteiger partial charge in [0.25, 0.3) is 0 Å². The van der Waals surface area contributed by atoms with Crippen molar-refractivity contribution in [2.24, 2.45) is 5.92 Å². The van der Waals surface area contributed by atoms with Crippen molar-refractivity contribution < 1.29 is 4.42 Å². The summed E-state index contributed by atoms with van der Waals surface area (Å²) in [5, 5.41) is 41.5. The third-order valence-corrected chi connectivity index (χ3v) is 7.61. The second-order valence-electron chi connectivity index (χ2n) is 9.79. The Balaban J connectivity index is 1.54. The lowest BCUT2D eigenvalue weighted by molar-refractivity contribution is 0.590. The molecule has 6 heteroatoms. The van der Waals surface area contributed by atoms with Crippen LogP contribution in [0, 0.1) is 51.2 Å². The predicted molar refractivity (Wildman–Crippen MR) is 152 cm³/mol. The number of aromatic nitrogens is 1. The predicted octanol–water partition coefficient (Wildman–Crippen LogP) is 7.52. The molecule has 6 nitrogen and oxygen atoms in total. The Morgan fingerprint density at radius 2 is 1.48 bits per heavy atom. The molecule has 1 aliphatic rings. The van der Waals surface area contributed by atoms with Crippen LogP contribution in [-0.4, -0.2) is 4.57 Å². The molecule has 4 aromatic carbocycles. The van der Waals surface area contributed by atoms with Gasteiger partial charge in [0.1, 0.15) is 17.4 Å². The van der Waals surface area contributed by atoms with Crippen molar-refractivity contribution in [3.05, 3.63) is 107 Å². The average molecular weight is 512 g/mol. The molecule has 0 radical (unpaired) electrons. The van der Waals surface area contributed by atoms with Crippen LogP contribution in [0.15, 0.2) is 83.3 Å². The minimum Gasteiger partial charge on any atom is -0.456 e. The van der Waals surface area contributed by atoms with Crippen LogP contribution in [0.4, 0.5) is 0 Å². The molecule has 0 saturated carbocycles. The molecule has 0 saturated heterocycles. The smallest absolute Gasteiger partial charge is 0.135 e. The second kappa shape index (κ2) is 8.75. The topological polar surface area (TPSA) is 113 Å². The number of para-hydroxylation sites is 1. The zero-order chi connectivity index (χ0) is 27.4. The average Bonchev–Trinajstić information content (AvgIpc) is 3.54. The first-order chi connectivity index (χ1) is 19.6. The van der Waals surface area contributed by atoms with E-state index >= 15 is 0 Å². The highest BCUT2D eigenvalue weighted by atomic mass is 16.3. The van der Waals surface area contributed by atoms with Gasteiger partial charge in [-0.15, -0.1) is 0 Å². The van der Waals surface area contributed by atoms with Crippen molar-refractivity contribution in [3.8, 4) is 41.1 Å². The van der Waals surface area contributed by atoms with E-state index in [4.69, 9.17) is 4.42 Å². The Morgan fingerprint density at radius 3 is 2.12 bits per heavy atom. The van der Waals surface area contributed by atoms with Gasteiger partial charge in [0.05, 0.1) is 57.5 Å². The van der Waals surface area contributed by atoms with E-state index in [1.54, 1.807) is 18.2 Å². The lowest BCUT2D eigenvalue weighted by atomic mass is 9.91. The van der Waals surface area contributed by atoms with Gasteiger partial charge in [-0.05, 0) is 72.7 Å². The molecular formula is C34H17N5O. The molecule has 184 valence electrons. The van der Waals surface area contributed by atoms with Crippen LogP contribution < -0.4 is 0 Å². The molecule has 0 spiro atoms. The molecule has 1 atom stereocenters. The summed E-state index contributed by atoms with van der Waals surface area (Å²) >= 11 is 0. The quantitative estimate of drug-likeness (QED) is 0.238. The summed E-state index contributed by atoms with van der Waals surface area (Å²) in [4.78, 5) is 0. The maximum absolute atomic E-state index is 10.2. The molecule has 2 heterocycles. The SMILES string of the molecule is N#Cc1ccc2c(c1)c1cc(C#N)ccc1n2-c1c(C#N)cccc1-c1ccc2oc3c(c2c1)CC(C#N)C=C3. The normalized spacial score (nSPS) is 13.9. The molecular weight excluding hydrogens is 494 g/mol. The molecule has 7 rings (SSSR count). The number of hydrogen-bond donors (Lipinski definition) is 0. The summed E-state index contributed by atoms with van der Waals surface area (Å²) in [6, 6.07) is 31.7. The number of hydrogen-bond acceptors (Lipinski definition) is 5. The zero-order valence-corrected chi connectivity index (χ0v) is 21.0. The van der Waals surface area contributed by atoms with Gasteiger partial charge in [-0.25, -0.2) is 0 Å². The molecule has 0 fully saturated rings. The highest BCUT2D eigenvalue weighted by molar-refractivity contribution is 6.11. The van der Waals surface area contributed by atoms with Crippen LogP contribution in [0.5, 0.6) is 0 Å². The number of rotatable bonds is 2. The lowest BCUT2D eigenvalue weighted by Gasteiger charge is -2.16. The van der Waals surface area contributed by atoms with E-state index in [0.29, 0.717) is 28.8 Å². The first-order valence-electron chi connectivity index (χ1n) is 12.7. The standard InChI is InChI=1S/C34H17N5O/c35-16-20-4-8-30-26(12-20)27-13-21(17-36)5-9-31(27)39(30)34-24(19-38)2-1-3-25(34)23-7-11-33-29(15-23)28-14-22(18-37)6-10-32(28)40-33/h1-13,15,22H,14H2. The Hall–Kier alpha value is -6.08. The number of nitrogens with zero attached hydrogens (tertiary/aromatic N) is 5. The Labute approximate surface area is 229 Å². The van der Waals surface area contributed by atoms with Crippen LogP contribution in [0.2, 0.25) is 0 Å². The molecule has 6 aromatic rings. The van der Waals surface area contributed by atoms with E-state index in [0.717, 1.165) is 55.2 Å². The second-order valence-corrected chi connectivity index (χ2v) is 9.79. The first-order valence-corrected chi connectivity index (χ1v) is 12.7. The lowest BCUT2D eigenvalue weighted by Crippen LogP contribution is -2.03. The summed E-state index contributed by atoms with van der Waals surface area (Å²) in [5.74, 6) is 0.567. The number of furan rings is 1. The van der Waals surface area contributed by atoms with Gasteiger partial charge in [0, 0.05) is 27.3 Å². The molecule has 40 heavy (non-hydrogen) atoms. The van der Waals surface area contributed by atoms with E-state index in [9.17, 15) is 21.0 Å². The minimum absolute atomic E-state index is 0.205. The third kappa shape index (κ3) is 3.32. The Bertz CT molecular complexity index is 2180. The number of nitriles is 4. The number of allylic oxidation sites excluding steroid dienone is 1. The highest BCUT2D eigenvalue weighted by Crippen LogP contribution is 2.40.